The summed E-state index contributed by atoms with van der Waals surface area (Å²) in [7, 11) is 0. The Kier molecular flexibility index (Phi) is 8.50. The second kappa shape index (κ2) is 11.7. The number of benzene rings is 2. The number of rotatable bonds is 8. The van der Waals surface area contributed by atoms with Crippen LogP contribution in [0, 0.1) is 13.8 Å². The van der Waals surface area contributed by atoms with E-state index in [1.807, 2.05) is 38.1 Å². The van der Waals surface area contributed by atoms with Crippen LogP contribution in [-0.2, 0) is 4.79 Å². The van der Waals surface area contributed by atoms with Gasteiger partial charge in [-0.2, -0.15) is 0 Å². The molecule has 1 aliphatic carbocycles. The van der Waals surface area contributed by atoms with Gasteiger partial charge in [0.15, 0.2) is 0 Å². The fourth-order valence-electron chi connectivity index (χ4n) is 5.16. The maximum absolute atomic E-state index is 15.2. The summed E-state index contributed by atoms with van der Waals surface area (Å²) in [6.45, 7) is 11.9. The summed E-state index contributed by atoms with van der Waals surface area (Å²) < 4.78 is 32.9. The van der Waals surface area contributed by atoms with E-state index < -0.39 is 23.5 Å². The first-order chi connectivity index (χ1) is 18.4. The van der Waals surface area contributed by atoms with Crippen molar-refractivity contribution in [1.82, 2.24) is 0 Å². The minimum Gasteiger partial charge on any atom is -0.492 e. The zero-order chi connectivity index (χ0) is 28.3. The van der Waals surface area contributed by atoms with Crippen molar-refractivity contribution in [1.29, 1.82) is 0 Å². The van der Waals surface area contributed by atoms with Gasteiger partial charge in [0.1, 0.15) is 35.8 Å². The molecule has 2 aromatic rings. The van der Waals surface area contributed by atoms with Gasteiger partial charge >= 0.3 is 5.97 Å². The van der Waals surface area contributed by atoms with Crippen LogP contribution in [0.15, 0.2) is 60.5 Å². The first kappa shape index (κ1) is 28.4. The van der Waals surface area contributed by atoms with E-state index in [0.717, 1.165) is 40.7 Å². The summed E-state index contributed by atoms with van der Waals surface area (Å²) in [6, 6.07) is 9.25. The maximum Gasteiger partial charge on any atom is 0.304 e. The summed E-state index contributed by atoms with van der Waals surface area (Å²) in [4.78, 5) is 11.1. The average molecular weight is 537 g/mol. The monoisotopic (exact) mass is 536 g/mol. The molecule has 1 heterocycles. The molecule has 2 aliphatic rings. The number of aliphatic carboxylic acids is 1. The Labute approximate surface area is 229 Å². The molecular formula is C32H37FO6. The number of aryl methyl sites for hydroxylation is 2. The first-order valence-electron chi connectivity index (χ1n) is 13.3. The smallest absolute Gasteiger partial charge is 0.304 e. The second-order valence-electron chi connectivity index (χ2n) is 11.1. The Bertz CT molecular complexity index is 1290. The van der Waals surface area contributed by atoms with Crippen LogP contribution in [0.5, 0.6) is 17.2 Å². The van der Waals surface area contributed by atoms with Crippen LogP contribution in [0.3, 0.4) is 0 Å². The second-order valence-corrected chi connectivity index (χ2v) is 11.1. The predicted molar refractivity (Wildman–Crippen MR) is 149 cm³/mol. The van der Waals surface area contributed by atoms with Gasteiger partial charge in [-0.05, 0) is 93.5 Å². The molecule has 208 valence electrons. The molecule has 0 aromatic heterocycles. The zero-order valence-corrected chi connectivity index (χ0v) is 23.1. The third kappa shape index (κ3) is 7.09. The fraction of sp³-hybridized carbons (Fsp3) is 0.406. The minimum atomic E-state index is -0.931. The topological polar surface area (TPSA) is 85.2 Å². The van der Waals surface area contributed by atoms with E-state index >= 15 is 4.39 Å². The van der Waals surface area contributed by atoms with Crippen molar-refractivity contribution < 1.29 is 33.6 Å². The highest BCUT2D eigenvalue weighted by Crippen LogP contribution is 2.39. The number of carboxylic acids is 1. The Morgan fingerprint density at radius 3 is 2.54 bits per heavy atom. The van der Waals surface area contributed by atoms with E-state index in [2.05, 4.69) is 6.58 Å². The molecule has 0 fully saturated rings. The highest BCUT2D eigenvalue weighted by molar-refractivity contribution is 5.73. The highest BCUT2D eigenvalue weighted by Gasteiger charge is 2.28. The van der Waals surface area contributed by atoms with Crippen LogP contribution in [-0.4, -0.2) is 41.1 Å². The predicted octanol–water partition coefficient (Wildman–Crippen LogP) is 6.83. The lowest BCUT2D eigenvalue weighted by Crippen LogP contribution is -2.27. The molecule has 2 N–H and O–H groups in total. The van der Waals surface area contributed by atoms with Gasteiger partial charge in [0.05, 0.1) is 18.6 Å². The van der Waals surface area contributed by atoms with Gasteiger partial charge in [-0.1, -0.05) is 18.7 Å². The van der Waals surface area contributed by atoms with Crippen molar-refractivity contribution in [3.8, 4) is 17.2 Å². The van der Waals surface area contributed by atoms with Crippen LogP contribution < -0.4 is 14.2 Å². The Morgan fingerprint density at radius 2 is 1.87 bits per heavy atom. The molecule has 0 spiro atoms. The van der Waals surface area contributed by atoms with Crippen molar-refractivity contribution in [2.75, 3.05) is 13.2 Å². The van der Waals surface area contributed by atoms with Crippen LogP contribution >= 0.6 is 0 Å². The standard InChI is InChI=1S/C32H37FO6/c1-19-13-25(38-18-32(4,5)36)14-20(2)31(19)22-7-6-8-28(21(3)27(33)12-9-22)39-24-10-11-26-23(15-30(34)35)17-37-29(26)16-24/h9-14,16,23,28,36H,3,6-8,15,17-18H2,1-2,4-5H3,(H,34,35)/b22-9+,27-12+/t23-,28-/m1/s1. The number of carbonyl (C=O) groups is 1. The largest absolute Gasteiger partial charge is 0.492 e. The van der Waals surface area contributed by atoms with Gasteiger partial charge in [0.25, 0.3) is 0 Å². The van der Waals surface area contributed by atoms with Crippen molar-refractivity contribution >= 4 is 11.5 Å². The molecule has 0 unspecified atom stereocenters. The van der Waals surface area contributed by atoms with Crippen LogP contribution in [0.2, 0.25) is 0 Å². The Morgan fingerprint density at radius 1 is 1.15 bits per heavy atom. The molecule has 39 heavy (non-hydrogen) atoms. The number of hydrogen-bond donors (Lipinski definition) is 2. The highest BCUT2D eigenvalue weighted by atomic mass is 19.1. The summed E-state index contributed by atoms with van der Waals surface area (Å²) in [6.07, 6.45) is 4.79. The molecule has 7 heteroatoms. The number of carboxylic acid groups (broad SMARTS) is 1. The quantitative estimate of drug-likeness (QED) is 0.385. The van der Waals surface area contributed by atoms with Crippen molar-refractivity contribution in [2.45, 2.75) is 71.0 Å². The van der Waals surface area contributed by atoms with Gasteiger partial charge in [-0.15, -0.1) is 0 Å². The fourth-order valence-corrected chi connectivity index (χ4v) is 5.16. The molecule has 0 radical (unpaired) electrons. The van der Waals surface area contributed by atoms with E-state index in [1.165, 1.54) is 6.08 Å². The van der Waals surface area contributed by atoms with E-state index in [4.69, 9.17) is 19.3 Å². The molecule has 0 saturated heterocycles. The van der Waals surface area contributed by atoms with E-state index in [9.17, 15) is 9.90 Å². The first-order valence-corrected chi connectivity index (χ1v) is 13.3. The van der Waals surface area contributed by atoms with E-state index in [0.29, 0.717) is 30.3 Å². The lowest BCUT2D eigenvalue weighted by Gasteiger charge is -2.21. The van der Waals surface area contributed by atoms with E-state index in [1.54, 1.807) is 26.0 Å². The third-order valence-electron chi connectivity index (χ3n) is 7.02. The molecule has 0 amide bonds. The minimum absolute atomic E-state index is 0.00745. The van der Waals surface area contributed by atoms with Crippen molar-refractivity contribution in [3.63, 3.8) is 0 Å². The Hall–Kier alpha value is -3.58. The van der Waals surface area contributed by atoms with Crippen LogP contribution in [0.25, 0.3) is 5.57 Å². The summed E-state index contributed by atoms with van der Waals surface area (Å²) >= 11 is 0. The van der Waals surface area contributed by atoms with Gasteiger partial charge in [-0.25, -0.2) is 4.39 Å². The number of ether oxygens (including phenoxy) is 3. The Balaban J connectivity index is 1.48. The number of hydrogen-bond acceptors (Lipinski definition) is 5. The van der Waals surface area contributed by atoms with Gasteiger partial charge < -0.3 is 24.4 Å². The molecule has 0 saturated carbocycles. The molecule has 1 aliphatic heterocycles. The molecule has 2 aromatic carbocycles. The third-order valence-corrected chi connectivity index (χ3v) is 7.02. The number of fused-ring (bicyclic) bond motifs is 1. The van der Waals surface area contributed by atoms with E-state index in [-0.39, 0.29) is 24.5 Å². The van der Waals surface area contributed by atoms with Gasteiger partial charge in [0, 0.05) is 23.1 Å². The summed E-state index contributed by atoms with van der Waals surface area (Å²) in [5, 5.41) is 19.1. The number of allylic oxidation sites excluding steroid dienone is 3. The van der Waals surface area contributed by atoms with Gasteiger partial charge in [0.2, 0.25) is 0 Å². The van der Waals surface area contributed by atoms with Gasteiger partial charge in [-0.3, -0.25) is 4.79 Å². The van der Waals surface area contributed by atoms with Crippen LogP contribution in [0.4, 0.5) is 4.39 Å². The molecule has 4 rings (SSSR count). The van der Waals surface area contributed by atoms with Crippen molar-refractivity contribution in [3.05, 3.63) is 82.7 Å². The molecule has 0 bridgehead atoms. The molecular weight excluding hydrogens is 499 g/mol. The normalized spacial score (nSPS) is 22.3. The number of halogens is 1. The maximum atomic E-state index is 15.2. The van der Waals surface area contributed by atoms with Crippen LogP contribution in [0.1, 0.15) is 67.7 Å². The van der Waals surface area contributed by atoms with Crippen molar-refractivity contribution in [2.24, 2.45) is 0 Å². The average Bonchev–Trinajstić information content (AvgIpc) is 3.26. The lowest BCUT2D eigenvalue weighted by atomic mass is 9.91. The number of aliphatic hydroxyl groups is 1. The SMILES string of the molecule is C=C1/C(F)=C\C=C(\c2c(C)cc(OCC(C)(C)O)cc2C)CCC[C@H]1Oc1ccc2c(c1)OC[C@H]2CC(=O)O. The zero-order valence-electron chi connectivity index (χ0n) is 23.1. The summed E-state index contributed by atoms with van der Waals surface area (Å²) in [5.41, 5.74) is 4.32. The molecule has 6 nitrogen and oxygen atoms in total. The summed E-state index contributed by atoms with van der Waals surface area (Å²) in [5.74, 6) is 0.340. The lowest BCUT2D eigenvalue weighted by molar-refractivity contribution is -0.137. The molecule has 2 atom stereocenters.